The molecule has 1 aromatic carbocycles. The number of pyridine rings is 1. The lowest BCUT2D eigenvalue weighted by Gasteiger charge is -2.46. The maximum absolute atomic E-state index is 14.2. The average molecular weight is 513 g/mol. The van der Waals surface area contributed by atoms with E-state index in [9.17, 15) is 18.0 Å². The molecule has 0 atom stereocenters. The fourth-order valence-electron chi connectivity index (χ4n) is 5.81. The van der Waals surface area contributed by atoms with E-state index in [-0.39, 0.29) is 10.9 Å². The van der Waals surface area contributed by atoms with E-state index in [1.165, 1.54) is 6.07 Å². The van der Waals surface area contributed by atoms with Gasteiger partial charge in [0.05, 0.1) is 11.0 Å². The zero-order valence-electron chi connectivity index (χ0n) is 21.4. The van der Waals surface area contributed by atoms with Crippen molar-refractivity contribution in [3.63, 3.8) is 0 Å². The highest BCUT2D eigenvalue weighted by Crippen LogP contribution is 2.51. The summed E-state index contributed by atoms with van der Waals surface area (Å²) >= 11 is 0. The molecule has 10 heteroatoms. The summed E-state index contributed by atoms with van der Waals surface area (Å²) < 4.78 is 45.6. The van der Waals surface area contributed by atoms with Crippen LogP contribution in [0.1, 0.15) is 56.3 Å². The third kappa shape index (κ3) is 4.27. The maximum Gasteiger partial charge on any atom is 0.418 e. The number of aromatic amines is 1. The van der Waals surface area contributed by atoms with Crippen molar-refractivity contribution >= 4 is 10.9 Å². The first-order chi connectivity index (χ1) is 17.6. The fraction of sp³-hybridized carbons (Fsp3) is 0.444. The van der Waals surface area contributed by atoms with Crippen molar-refractivity contribution < 1.29 is 13.2 Å². The van der Waals surface area contributed by atoms with Gasteiger partial charge in [-0.1, -0.05) is 32.9 Å². The average Bonchev–Trinajstić information content (AvgIpc) is 3.46. The lowest BCUT2D eigenvalue weighted by molar-refractivity contribution is -0.136. The molecule has 1 aliphatic rings. The summed E-state index contributed by atoms with van der Waals surface area (Å²) in [6.45, 7) is 8.08. The predicted molar refractivity (Wildman–Crippen MR) is 136 cm³/mol. The second-order valence-corrected chi connectivity index (χ2v) is 10.2. The highest BCUT2D eigenvalue weighted by molar-refractivity contribution is 5.84. The molecule has 0 aliphatic heterocycles. The molecule has 196 valence electrons. The van der Waals surface area contributed by atoms with Crippen molar-refractivity contribution in [2.75, 3.05) is 13.1 Å². The number of halogens is 3. The standard InChI is InChI=1S/C27H31F3N6O/c1-5-35(6-2)14-19-11-21-22(27(28,29)30)15-36(24(37)23(21)32-19)20-9-7-8-18(10-20)26(12-17(3)13-26)25-33-31-16-34(25)4/h7-11,15-17,32H,5-6,12-14H2,1-4H3. The third-order valence-electron chi connectivity index (χ3n) is 7.66. The van der Waals surface area contributed by atoms with Crippen LogP contribution in [0.4, 0.5) is 13.2 Å². The van der Waals surface area contributed by atoms with Crippen molar-refractivity contribution in [3.05, 3.63) is 75.9 Å². The van der Waals surface area contributed by atoms with Gasteiger partial charge in [-0.05, 0) is 55.6 Å². The Balaban J connectivity index is 1.66. The number of aromatic nitrogens is 5. The lowest BCUT2D eigenvalue weighted by atomic mass is 9.58. The second-order valence-electron chi connectivity index (χ2n) is 10.2. The summed E-state index contributed by atoms with van der Waals surface area (Å²) in [5.74, 6) is 1.28. The maximum atomic E-state index is 14.2. The summed E-state index contributed by atoms with van der Waals surface area (Å²) in [5.41, 5.74) is 0.0879. The molecule has 7 nitrogen and oxygen atoms in total. The van der Waals surface area contributed by atoms with Crippen LogP contribution in [-0.2, 0) is 25.2 Å². The second kappa shape index (κ2) is 9.16. The van der Waals surface area contributed by atoms with Crippen LogP contribution in [-0.4, -0.2) is 42.3 Å². The Kier molecular flexibility index (Phi) is 6.26. The van der Waals surface area contributed by atoms with Gasteiger partial charge in [-0.2, -0.15) is 13.2 Å². The molecule has 1 saturated carbocycles. The molecule has 1 fully saturated rings. The van der Waals surface area contributed by atoms with Crippen molar-refractivity contribution in [2.24, 2.45) is 13.0 Å². The number of nitrogens with one attached hydrogen (secondary N) is 1. The van der Waals surface area contributed by atoms with Gasteiger partial charge in [0.25, 0.3) is 5.56 Å². The summed E-state index contributed by atoms with van der Waals surface area (Å²) in [6.07, 6.45) is -0.356. The Bertz CT molecular complexity index is 1490. The summed E-state index contributed by atoms with van der Waals surface area (Å²) in [7, 11) is 1.89. The molecular weight excluding hydrogens is 481 g/mol. The van der Waals surface area contributed by atoms with E-state index in [1.807, 2.05) is 37.6 Å². The molecule has 0 bridgehead atoms. The Morgan fingerprint density at radius 1 is 1.19 bits per heavy atom. The minimum atomic E-state index is -4.62. The van der Waals surface area contributed by atoms with E-state index in [2.05, 4.69) is 27.0 Å². The molecule has 3 heterocycles. The van der Waals surface area contributed by atoms with Gasteiger partial charge in [0.1, 0.15) is 17.7 Å². The number of hydrogen-bond donors (Lipinski definition) is 1. The van der Waals surface area contributed by atoms with Crippen LogP contribution >= 0.6 is 0 Å². The normalized spacial score (nSPS) is 20.1. The van der Waals surface area contributed by atoms with Crippen molar-refractivity contribution in [1.82, 2.24) is 29.2 Å². The van der Waals surface area contributed by atoms with Gasteiger partial charge in [0.15, 0.2) is 0 Å². The summed E-state index contributed by atoms with van der Waals surface area (Å²) in [4.78, 5) is 18.6. The number of nitrogens with zero attached hydrogens (tertiary/aromatic N) is 5. The number of hydrogen-bond acceptors (Lipinski definition) is 4. The number of alkyl halides is 3. The first-order valence-electron chi connectivity index (χ1n) is 12.6. The molecule has 0 unspecified atom stereocenters. The zero-order chi connectivity index (χ0) is 26.5. The predicted octanol–water partition coefficient (Wildman–Crippen LogP) is 5.02. The Morgan fingerprint density at radius 3 is 2.51 bits per heavy atom. The monoisotopic (exact) mass is 512 g/mol. The third-order valence-corrected chi connectivity index (χ3v) is 7.66. The molecule has 0 spiro atoms. The first kappa shape index (κ1) is 25.3. The molecule has 0 radical (unpaired) electrons. The van der Waals surface area contributed by atoms with E-state index in [0.29, 0.717) is 23.8 Å². The first-order valence-corrected chi connectivity index (χ1v) is 12.6. The van der Waals surface area contributed by atoms with E-state index < -0.39 is 22.7 Å². The number of fused-ring (bicyclic) bond motifs is 1. The highest BCUT2D eigenvalue weighted by Gasteiger charge is 2.48. The summed E-state index contributed by atoms with van der Waals surface area (Å²) in [6, 6.07) is 8.68. The minimum absolute atomic E-state index is 0.0392. The lowest BCUT2D eigenvalue weighted by Crippen LogP contribution is -2.43. The van der Waals surface area contributed by atoms with Gasteiger partial charge in [-0.25, -0.2) is 0 Å². The van der Waals surface area contributed by atoms with Crippen LogP contribution in [0, 0.1) is 5.92 Å². The molecule has 0 amide bonds. The number of rotatable bonds is 7. The molecule has 3 aromatic heterocycles. The van der Waals surface area contributed by atoms with Gasteiger partial charge in [-0.3, -0.25) is 14.3 Å². The van der Waals surface area contributed by atoms with Crippen LogP contribution in [0.3, 0.4) is 0 Å². The fourth-order valence-corrected chi connectivity index (χ4v) is 5.81. The van der Waals surface area contributed by atoms with E-state index in [4.69, 9.17) is 0 Å². The van der Waals surface area contributed by atoms with E-state index in [1.54, 1.807) is 18.5 Å². The van der Waals surface area contributed by atoms with Crippen molar-refractivity contribution in [1.29, 1.82) is 0 Å². The zero-order valence-corrected chi connectivity index (χ0v) is 21.4. The van der Waals surface area contributed by atoms with Gasteiger partial charge in [0.2, 0.25) is 0 Å². The van der Waals surface area contributed by atoms with Crippen LogP contribution in [0.5, 0.6) is 0 Å². The molecule has 5 rings (SSSR count). The summed E-state index contributed by atoms with van der Waals surface area (Å²) in [5, 5.41) is 8.30. The largest absolute Gasteiger partial charge is 0.418 e. The molecule has 1 aliphatic carbocycles. The van der Waals surface area contributed by atoms with Crippen molar-refractivity contribution in [2.45, 2.75) is 51.7 Å². The quantitative estimate of drug-likeness (QED) is 0.377. The van der Waals surface area contributed by atoms with Crippen LogP contribution in [0.25, 0.3) is 16.6 Å². The highest BCUT2D eigenvalue weighted by atomic mass is 19.4. The Morgan fingerprint density at radius 2 is 1.92 bits per heavy atom. The minimum Gasteiger partial charge on any atom is -0.353 e. The number of aryl methyl sites for hydroxylation is 1. The van der Waals surface area contributed by atoms with Crippen LogP contribution in [0.15, 0.2) is 47.7 Å². The van der Waals surface area contributed by atoms with E-state index >= 15 is 0 Å². The van der Waals surface area contributed by atoms with Crippen LogP contribution < -0.4 is 5.56 Å². The Labute approximate surface area is 212 Å². The van der Waals surface area contributed by atoms with Gasteiger partial charge < -0.3 is 9.55 Å². The molecule has 4 aromatic rings. The number of H-pyrrole nitrogens is 1. The molecule has 1 N–H and O–H groups in total. The molecule has 37 heavy (non-hydrogen) atoms. The van der Waals surface area contributed by atoms with Crippen LogP contribution in [0.2, 0.25) is 0 Å². The van der Waals surface area contributed by atoms with Crippen molar-refractivity contribution in [3.8, 4) is 5.69 Å². The van der Waals surface area contributed by atoms with Gasteiger partial charge >= 0.3 is 6.18 Å². The Hall–Kier alpha value is -3.40. The molecule has 0 saturated heterocycles. The van der Waals surface area contributed by atoms with E-state index in [0.717, 1.165) is 48.1 Å². The molecular formula is C27H31F3N6O. The van der Waals surface area contributed by atoms with Gasteiger partial charge in [0, 0.05) is 36.6 Å². The van der Waals surface area contributed by atoms with Gasteiger partial charge in [-0.15, -0.1) is 10.2 Å². The SMILES string of the molecule is CCN(CC)Cc1cc2c(C(F)(F)F)cn(-c3cccc(C4(c5nncn5C)CC(C)C4)c3)c(=O)c2[nH]1. The topological polar surface area (TPSA) is 71.7 Å². The smallest absolute Gasteiger partial charge is 0.353 e. The number of benzene rings is 1.